The van der Waals surface area contributed by atoms with Crippen LogP contribution in [0, 0.1) is 0 Å². The van der Waals surface area contributed by atoms with Gasteiger partial charge >= 0.3 is 11.9 Å². The first-order chi connectivity index (χ1) is 9.78. The number of hydrogen-bond acceptors (Lipinski definition) is 5. The fourth-order valence-electron chi connectivity index (χ4n) is 2.25. The SMILES string of the molecule is COC(=O)C(C)S(=O)(=O)N1CCc2cc(C(=O)O)ccc21. The number of fused-ring (bicyclic) bond motifs is 1. The normalized spacial score (nSPS) is 15.4. The van der Waals surface area contributed by atoms with E-state index in [1.54, 1.807) is 0 Å². The molecule has 0 amide bonds. The monoisotopic (exact) mass is 313 g/mol. The van der Waals surface area contributed by atoms with Crippen LogP contribution < -0.4 is 4.31 Å². The lowest BCUT2D eigenvalue weighted by atomic mass is 10.1. The molecule has 1 aliphatic heterocycles. The summed E-state index contributed by atoms with van der Waals surface area (Å²) in [5.41, 5.74) is 1.15. The number of carbonyl (C=O) groups excluding carboxylic acids is 1. The third-order valence-corrected chi connectivity index (χ3v) is 5.55. The maximum absolute atomic E-state index is 12.4. The van der Waals surface area contributed by atoms with E-state index in [1.807, 2.05) is 0 Å². The summed E-state index contributed by atoms with van der Waals surface area (Å²) in [6.45, 7) is 1.45. The maximum Gasteiger partial charge on any atom is 0.335 e. The molecule has 8 heteroatoms. The number of ether oxygens (including phenoxy) is 1. The number of anilines is 1. The third-order valence-electron chi connectivity index (χ3n) is 3.47. The van der Waals surface area contributed by atoms with Crippen molar-refractivity contribution in [3.8, 4) is 0 Å². The van der Waals surface area contributed by atoms with Crippen molar-refractivity contribution in [2.75, 3.05) is 18.0 Å². The first-order valence-corrected chi connectivity index (χ1v) is 7.75. The van der Waals surface area contributed by atoms with E-state index in [0.29, 0.717) is 17.7 Å². The minimum atomic E-state index is -3.89. The molecule has 0 saturated heterocycles. The van der Waals surface area contributed by atoms with E-state index in [4.69, 9.17) is 5.11 Å². The molecule has 1 unspecified atom stereocenters. The zero-order valence-electron chi connectivity index (χ0n) is 11.6. The van der Waals surface area contributed by atoms with E-state index in [2.05, 4.69) is 4.74 Å². The van der Waals surface area contributed by atoms with Crippen molar-refractivity contribution in [1.82, 2.24) is 0 Å². The minimum Gasteiger partial charge on any atom is -0.478 e. The van der Waals surface area contributed by atoms with Crippen molar-refractivity contribution in [3.05, 3.63) is 29.3 Å². The van der Waals surface area contributed by atoms with Gasteiger partial charge < -0.3 is 9.84 Å². The van der Waals surface area contributed by atoms with Crippen molar-refractivity contribution in [3.63, 3.8) is 0 Å². The quantitative estimate of drug-likeness (QED) is 0.819. The number of carboxylic acids is 1. The van der Waals surface area contributed by atoms with Crippen LogP contribution in [0.4, 0.5) is 5.69 Å². The highest BCUT2D eigenvalue weighted by Crippen LogP contribution is 2.32. The number of carbonyl (C=O) groups is 2. The van der Waals surface area contributed by atoms with E-state index in [-0.39, 0.29) is 12.1 Å². The molecule has 21 heavy (non-hydrogen) atoms. The second-order valence-corrected chi connectivity index (χ2v) is 6.86. The molecular weight excluding hydrogens is 298 g/mol. The van der Waals surface area contributed by atoms with E-state index >= 15 is 0 Å². The number of sulfonamides is 1. The highest BCUT2D eigenvalue weighted by atomic mass is 32.2. The molecule has 1 aliphatic rings. The van der Waals surface area contributed by atoms with E-state index in [9.17, 15) is 18.0 Å². The lowest BCUT2D eigenvalue weighted by molar-refractivity contribution is -0.139. The fraction of sp³-hybridized carbons (Fsp3) is 0.385. The molecule has 0 bridgehead atoms. The van der Waals surface area contributed by atoms with Gasteiger partial charge in [0, 0.05) is 6.54 Å². The Hall–Kier alpha value is -2.09. The Bertz CT molecular complexity index is 697. The van der Waals surface area contributed by atoms with Gasteiger partial charge in [-0.05, 0) is 37.1 Å². The molecular formula is C13H15NO6S. The van der Waals surface area contributed by atoms with E-state index in [1.165, 1.54) is 25.1 Å². The molecule has 1 aromatic carbocycles. The Morgan fingerprint density at radius 1 is 1.38 bits per heavy atom. The van der Waals surface area contributed by atoms with Gasteiger partial charge in [0.1, 0.15) is 0 Å². The predicted octanol–water partition coefficient (Wildman–Crippen LogP) is 0.639. The van der Waals surface area contributed by atoms with Crippen molar-refractivity contribution in [2.24, 2.45) is 0 Å². The molecule has 1 aromatic rings. The average Bonchev–Trinajstić information content (AvgIpc) is 2.88. The molecule has 1 atom stereocenters. The van der Waals surface area contributed by atoms with Crippen LogP contribution in [0.2, 0.25) is 0 Å². The van der Waals surface area contributed by atoms with Gasteiger partial charge in [0.05, 0.1) is 18.4 Å². The molecule has 1 N–H and O–H groups in total. The number of methoxy groups -OCH3 is 1. The lowest BCUT2D eigenvalue weighted by Crippen LogP contribution is -2.40. The van der Waals surface area contributed by atoms with E-state index < -0.39 is 27.2 Å². The number of hydrogen-bond donors (Lipinski definition) is 1. The first kappa shape index (κ1) is 15.3. The van der Waals surface area contributed by atoms with Crippen LogP contribution in [-0.4, -0.2) is 44.4 Å². The van der Waals surface area contributed by atoms with E-state index in [0.717, 1.165) is 11.4 Å². The summed E-state index contributed by atoms with van der Waals surface area (Å²) in [7, 11) is -2.75. The van der Waals surface area contributed by atoms with Crippen molar-refractivity contribution in [2.45, 2.75) is 18.6 Å². The van der Waals surface area contributed by atoms with Crippen LogP contribution in [-0.2, 0) is 26.0 Å². The summed E-state index contributed by atoms with van der Waals surface area (Å²) in [6.07, 6.45) is 0.406. The van der Waals surface area contributed by atoms with Gasteiger partial charge in [-0.25, -0.2) is 13.2 Å². The molecule has 114 valence electrons. The summed E-state index contributed by atoms with van der Waals surface area (Å²) in [5, 5.41) is 7.63. The summed E-state index contributed by atoms with van der Waals surface area (Å²) in [4.78, 5) is 22.4. The molecule has 0 fully saturated rings. The standard InChI is InChI=1S/C13H15NO6S/c1-8(13(17)20-2)21(18,19)14-6-5-9-7-10(12(15)16)3-4-11(9)14/h3-4,7-8H,5-6H2,1-2H3,(H,15,16). The third kappa shape index (κ3) is 2.58. The number of esters is 1. The first-order valence-electron chi connectivity index (χ1n) is 6.24. The van der Waals surface area contributed by atoms with Crippen LogP contribution >= 0.6 is 0 Å². The molecule has 0 aromatic heterocycles. The number of benzene rings is 1. The summed E-state index contributed by atoms with van der Waals surface area (Å²) < 4.78 is 30.5. The summed E-state index contributed by atoms with van der Waals surface area (Å²) >= 11 is 0. The van der Waals surface area contributed by atoms with Gasteiger partial charge in [0.25, 0.3) is 0 Å². The molecule has 0 aliphatic carbocycles. The van der Waals surface area contributed by atoms with Gasteiger partial charge in [-0.1, -0.05) is 0 Å². The largest absolute Gasteiger partial charge is 0.478 e. The molecule has 7 nitrogen and oxygen atoms in total. The zero-order valence-corrected chi connectivity index (χ0v) is 12.4. The molecule has 1 heterocycles. The molecule has 2 rings (SSSR count). The molecule has 0 spiro atoms. The summed E-state index contributed by atoms with van der Waals surface area (Å²) in [5.74, 6) is -1.90. The van der Waals surface area contributed by atoms with Gasteiger partial charge in [-0.15, -0.1) is 0 Å². The van der Waals surface area contributed by atoms with Crippen molar-refractivity contribution in [1.29, 1.82) is 0 Å². The van der Waals surface area contributed by atoms with Crippen LogP contribution in [0.25, 0.3) is 0 Å². The zero-order chi connectivity index (χ0) is 15.8. The Morgan fingerprint density at radius 2 is 2.05 bits per heavy atom. The van der Waals surface area contributed by atoms with Crippen LogP contribution in [0.1, 0.15) is 22.8 Å². The highest BCUT2D eigenvalue weighted by molar-refractivity contribution is 7.94. The second-order valence-electron chi connectivity index (χ2n) is 4.68. The lowest BCUT2D eigenvalue weighted by Gasteiger charge is -2.22. The number of aromatic carboxylic acids is 1. The second kappa shape index (κ2) is 5.36. The van der Waals surface area contributed by atoms with Gasteiger partial charge in [0.15, 0.2) is 5.25 Å². The minimum absolute atomic E-state index is 0.106. The van der Waals surface area contributed by atoms with Crippen LogP contribution in [0.3, 0.4) is 0 Å². The Balaban J connectivity index is 2.39. The van der Waals surface area contributed by atoms with Gasteiger partial charge in [-0.2, -0.15) is 0 Å². The Labute approximate surface area is 122 Å². The fourth-order valence-corrected chi connectivity index (χ4v) is 3.77. The molecule has 0 saturated carbocycles. The van der Waals surface area contributed by atoms with Crippen LogP contribution in [0.5, 0.6) is 0 Å². The predicted molar refractivity (Wildman–Crippen MR) is 74.8 cm³/mol. The topological polar surface area (TPSA) is 101 Å². The van der Waals surface area contributed by atoms with Crippen LogP contribution in [0.15, 0.2) is 18.2 Å². The molecule has 0 radical (unpaired) electrons. The van der Waals surface area contributed by atoms with Crippen molar-refractivity contribution < 1.29 is 27.9 Å². The maximum atomic E-state index is 12.4. The average molecular weight is 313 g/mol. The smallest absolute Gasteiger partial charge is 0.335 e. The number of carboxylic acid groups (broad SMARTS) is 1. The van der Waals surface area contributed by atoms with Gasteiger partial charge in [0.2, 0.25) is 10.0 Å². The highest BCUT2D eigenvalue weighted by Gasteiger charge is 2.38. The van der Waals surface area contributed by atoms with Crippen molar-refractivity contribution >= 4 is 27.6 Å². The Kier molecular flexibility index (Phi) is 3.91. The summed E-state index contributed by atoms with van der Waals surface area (Å²) in [6, 6.07) is 4.25. The van der Waals surface area contributed by atoms with Gasteiger partial charge in [-0.3, -0.25) is 9.10 Å². The number of rotatable bonds is 4. The Morgan fingerprint density at radius 3 is 2.62 bits per heavy atom. The number of nitrogens with zero attached hydrogens (tertiary/aromatic N) is 1.